The standard InChI is InChI=1S/C30H55NO4/c1-3-5-7-9-11-13-15-17-19-21-23-25-29(34)30(35)31-27(26-32)28(33)24-22-20-18-16-14-12-10-8-6-4-2/h6,8,14,16,22,24,27-29,32-34H,3-5,7,9-13,15,17-21,23,25-26H2,1-2H3,(H,31,35)/b8-6+,16-14+,24-22+. The molecule has 0 bridgehead atoms. The number of carbonyl (C=O) groups is 1. The van der Waals surface area contributed by atoms with Gasteiger partial charge in [-0.3, -0.25) is 4.79 Å². The van der Waals surface area contributed by atoms with E-state index in [-0.39, 0.29) is 6.61 Å². The molecule has 0 fully saturated rings. The lowest BCUT2D eigenvalue weighted by molar-refractivity contribution is -0.131. The summed E-state index contributed by atoms with van der Waals surface area (Å²) in [5.74, 6) is -0.524. The van der Waals surface area contributed by atoms with E-state index in [9.17, 15) is 20.1 Å². The molecule has 204 valence electrons. The molecule has 0 saturated heterocycles. The molecule has 0 aromatic rings. The zero-order chi connectivity index (χ0) is 26.0. The Morgan fingerprint density at radius 3 is 1.71 bits per heavy atom. The van der Waals surface area contributed by atoms with Gasteiger partial charge in [0.2, 0.25) is 5.91 Å². The van der Waals surface area contributed by atoms with E-state index in [1.165, 1.54) is 51.4 Å². The van der Waals surface area contributed by atoms with Crippen molar-refractivity contribution in [2.45, 2.75) is 141 Å². The molecule has 0 aromatic heterocycles. The van der Waals surface area contributed by atoms with Crippen LogP contribution in [0.5, 0.6) is 0 Å². The van der Waals surface area contributed by atoms with Gasteiger partial charge in [-0.05, 0) is 38.5 Å². The Labute approximate surface area is 215 Å². The van der Waals surface area contributed by atoms with E-state index in [0.717, 1.165) is 51.4 Å². The quantitative estimate of drug-likeness (QED) is 0.0909. The highest BCUT2D eigenvalue weighted by atomic mass is 16.3. The number of unbranched alkanes of at least 4 members (excludes halogenated alkanes) is 12. The van der Waals surface area contributed by atoms with Crippen molar-refractivity contribution in [3.8, 4) is 0 Å². The molecule has 0 heterocycles. The third-order valence-corrected chi connectivity index (χ3v) is 6.22. The summed E-state index contributed by atoms with van der Waals surface area (Å²) >= 11 is 0. The minimum Gasteiger partial charge on any atom is -0.394 e. The molecular weight excluding hydrogens is 438 g/mol. The fraction of sp³-hybridized carbons (Fsp3) is 0.767. The lowest BCUT2D eigenvalue weighted by atomic mass is 10.0. The Bertz CT molecular complexity index is 559. The van der Waals surface area contributed by atoms with Crippen molar-refractivity contribution < 1.29 is 20.1 Å². The van der Waals surface area contributed by atoms with Gasteiger partial charge in [0, 0.05) is 0 Å². The Morgan fingerprint density at radius 1 is 0.714 bits per heavy atom. The van der Waals surface area contributed by atoms with Crippen LogP contribution in [0.3, 0.4) is 0 Å². The molecule has 0 aliphatic carbocycles. The maximum Gasteiger partial charge on any atom is 0.249 e. The summed E-state index contributed by atoms with van der Waals surface area (Å²) in [4.78, 5) is 12.3. The molecule has 3 unspecified atom stereocenters. The van der Waals surface area contributed by atoms with E-state index >= 15 is 0 Å². The Morgan fingerprint density at radius 2 is 1.20 bits per heavy atom. The average molecular weight is 494 g/mol. The Balaban J connectivity index is 3.93. The molecule has 35 heavy (non-hydrogen) atoms. The summed E-state index contributed by atoms with van der Waals surface area (Å²) in [6.07, 6.45) is 28.7. The van der Waals surface area contributed by atoms with E-state index in [2.05, 4.69) is 43.5 Å². The molecule has 0 aliphatic rings. The van der Waals surface area contributed by atoms with Gasteiger partial charge < -0.3 is 20.6 Å². The number of aliphatic hydroxyl groups excluding tert-OH is 3. The SMILES string of the molecule is CC/C=C/CC/C=C/CC/C=C/C(O)C(CO)NC(=O)C(O)CCCCCCCCCCCCC. The van der Waals surface area contributed by atoms with Gasteiger partial charge in [-0.1, -0.05) is 121 Å². The van der Waals surface area contributed by atoms with Crippen molar-refractivity contribution in [1.29, 1.82) is 0 Å². The summed E-state index contributed by atoms with van der Waals surface area (Å²) in [5, 5.41) is 32.6. The second-order valence-corrected chi connectivity index (χ2v) is 9.56. The topological polar surface area (TPSA) is 89.8 Å². The molecular formula is C30H55NO4. The minimum absolute atomic E-state index is 0.381. The predicted octanol–water partition coefficient (Wildman–Crippen LogP) is 6.53. The fourth-order valence-electron chi connectivity index (χ4n) is 3.93. The average Bonchev–Trinajstić information content (AvgIpc) is 2.86. The maximum absolute atomic E-state index is 12.3. The number of carbonyl (C=O) groups excluding carboxylic acids is 1. The monoisotopic (exact) mass is 493 g/mol. The van der Waals surface area contributed by atoms with Crippen LogP contribution in [0.2, 0.25) is 0 Å². The fourth-order valence-corrected chi connectivity index (χ4v) is 3.93. The summed E-state index contributed by atoms with van der Waals surface area (Å²) < 4.78 is 0. The second-order valence-electron chi connectivity index (χ2n) is 9.56. The van der Waals surface area contributed by atoms with Crippen molar-refractivity contribution in [2.24, 2.45) is 0 Å². The number of hydrogen-bond acceptors (Lipinski definition) is 4. The van der Waals surface area contributed by atoms with E-state index in [1.54, 1.807) is 6.08 Å². The van der Waals surface area contributed by atoms with Crippen molar-refractivity contribution in [3.63, 3.8) is 0 Å². The molecule has 5 nitrogen and oxygen atoms in total. The number of aliphatic hydroxyl groups is 3. The van der Waals surface area contributed by atoms with Gasteiger partial charge in [0.1, 0.15) is 6.10 Å². The molecule has 0 radical (unpaired) electrons. The molecule has 0 aliphatic heterocycles. The smallest absolute Gasteiger partial charge is 0.249 e. The van der Waals surface area contributed by atoms with Crippen LogP contribution in [-0.2, 0) is 4.79 Å². The lowest BCUT2D eigenvalue weighted by Crippen LogP contribution is -2.48. The van der Waals surface area contributed by atoms with E-state index in [4.69, 9.17) is 0 Å². The van der Waals surface area contributed by atoms with Crippen molar-refractivity contribution in [3.05, 3.63) is 36.5 Å². The summed E-state index contributed by atoms with van der Waals surface area (Å²) in [6.45, 7) is 3.98. The molecule has 0 rings (SSSR count). The molecule has 4 N–H and O–H groups in total. The van der Waals surface area contributed by atoms with Crippen LogP contribution in [-0.4, -0.2) is 46.1 Å². The largest absolute Gasteiger partial charge is 0.394 e. The van der Waals surface area contributed by atoms with Gasteiger partial charge in [0.05, 0.1) is 18.8 Å². The molecule has 0 aromatic carbocycles. The van der Waals surface area contributed by atoms with Crippen LogP contribution in [0.15, 0.2) is 36.5 Å². The first kappa shape index (κ1) is 33.6. The van der Waals surface area contributed by atoms with Gasteiger partial charge >= 0.3 is 0 Å². The van der Waals surface area contributed by atoms with Crippen LogP contribution < -0.4 is 5.32 Å². The number of rotatable bonds is 24. The Hall–Kier alpha value is -1.43. The van der Waals surface area contributed by atoms with E-state index in [0.29, 0.717) is 6.42 Å². The van der Waals surface area contributed by atoms with Crippen LogP contribution >= 0.6 is 0 Å². The predicted molar refractivity (Wildman–Crippen MR) is 148 cm³/mol. The first-order chi connectivity index (χ1) is 17.1. The molecule has 1 amide bonds. The van der Waals surface area contributed by atoms with Crippen LogP contribution in [0.1, 0.15) is 123 Å². The highest BCUT2D eigenvalue weighted by molar-refractivity contribution is 5.80. The van der Waals surface area contributed by atoms with E-state index in [1.807, 2.05) is 6.08 Å². The molecule has 3 atom stereocenters. The Kier molecular flexibility index (Phi) is 24.6. The van der Waals surface area contributed by atoms with Gasteiger partial charge in [0.15, 0.2) is 0 Å². The number of allylic oxidation sites excluding steroid dienone is 5. The summed E-state index contributed by atoms with van der Waals surface area (Å²) in [5.41, 5.74) is 0. The molecule has 0 saturated carbocycles. The van der Waals surface area contributed by atoms with Crippen molar-refractivity contribution in [2.75, 3.05) is 6.61 Å². The number of amides is 1. The normalized spacial score (nSPS) is 14.8. The zero-order valence-corrected chi connectivity index (χ0v) is 22.7. The zero-order valence-electron chi connectivity index (χ0n) is 22.7. The summed E-state index contributed by atoms with van der Waals surface area (Å²) in [6, 6.07) is -0.813. The lowest BCUT2D eigenvalue weighted by Gasteiger charge is -2.21. The molecule has 0 spiro atoms. The molecule has 5 heteroatoms. The van der Waals surface area contributed by atoms with Gasteiger partial charge in [-0.25, -0.2) is 0 Å². The number of hydrogen-bond donors (Lipinski definition) is 4. The minimum atomic E-state index is -1.10. The van der Waals surface area contributed by atoms with Crippen LogP contribution in [0.25, 0.3) is 0 Å². The first-order valence-corrected chi connectivity index (χ1v) is 14.3. The highest BCUT2D eigenvalue weighted by Gasteiger charge is 2.22. The third-order valence-electron chi connectivity index (χ3n) is 6.22. The van der Waals surface area contributed by atoms with Crippen LogP contribution in [0, 0.1) is 0 Å². The third kappa shape index (κ3) is 21.6. The van der Waals surface area contributed by atoms with Gasteiger partial charge in [-0.15, -0.1) is 0 Å². The van der Waals surface area contributed by atoms with Gasteiger partial charge in [-0.2, -0.15) is 0 Å². The highest BCUT2D eigenvalue weighted by Crippen LogP contribution is 2.13. The van der Waals surface area contributed by atoms with Crippen LogP contribution in [0.4, 0.5) is 0 Å². The second kappa shape index (κ2) is 25.7. The maximum atomic E-state index is 12.3. The summed E-state index contributed by atoms with van der Waals surface area (Å²) in [7, 11) is 0. The van der Waals surface area contributed by atoms with Crippen molar-refractivity contribution in [1.82, 2.24) is 5.32 Å². The number of nitrogens with one attached hydrogen (secondary N) is 1. The van der Waals surface area contributed by atoms with Crippen molar-refractivity contribution >= 4 is 5.91 Å². The van der Waals surface area contributed by atoms with Gasteiger partial charge in [0.25, 0.3) is 0 Å². The van der Waals surface area contributed by atoms with E-state index < -0.39 is 24.2 Å². The first-order valence-electron chi connectivity index (χ1n) is 14.3.